The molecular weight excluding hydrogens is 238 g/mol. The fraction of sp³-hybridized carbons (Fsp3) is 0.909. The topological polar surface area (TPSA) is 87.2 Å². The van der Waals surface area contributed by atoms with Gasteiger partial charge in [-0.2, -0.15) is 0 Å². The lowest BCUT2D eigenvalue weighted by atomic mass is 9.97. The molecule has 1 rings (SSSR count). The summed E-state index contributed by atoms with van der Waals surface area (Å²) in [6, 6.07) is 0. The summed E-state index contributed by atoms with van der Waals surface area (Å²) in [5.41, 5.74) is 5.21. The third-order valence-corrected chi connectivity index (χ3v) is 5.29. The van der Waals surface area contributed by atoms with Gasteiger partial charge in [-0.1, -0.05) is 20.8 Å². The molecule has 0 bridgehead atoms. The van der Waals surface area contributed by atoms with E-state index in [0.29, 0.717) is 25.9 Å². The van der Waals surface area contributed by atoms with Crippen molar-refractivity contribution in [3.8, 4) is 0 Å². The van der Waals surface area contributed by atoms with Gasteiger partial charge in [0.1, 0.15) is 0 Å². The van der Waals surface area contributed by atoms with E-state index < -0.39 is 10.0 Å². The third kappa shape index (κ3) is 4.27. The smallest absolute Gasteiger partial charge is 0.214 e. The summed E-state index contributed by atoms with van der Waals surface area (Å²) in [5, 5.41) is 7.36. The Bertz CT molecular complexity index is 376. The summed E-state index contributed by atoms with van der Waals surface area (Å²) in [5.74, 6) is 0.402. The van der Waals surface area contributed by atoms with Gasteiger partial charge in [-0.15, -0.1) is 0 Å². The zero-order valence-electron chi connectivity index (χ0n) is 10.9. The van der Waals surface area contributed by atoms with Crippen LogP contribution < -0.4 is 5.73 Å². The normalized spacial score (nSPS) is 20.4. The number of nitrogens with zero attached hydrogens (tertiary/aromatic N) is 1. The van der Waals surface area contributed by atoms with Gasteiger partial charge in [-0.05, 0) is 18.3 Å². The predicted octanol–water partition coefficient (Wildman–Crippen LogP) is 1.01. The largest absolute Gasteiger partial charge is 0.387 e. The number of piperidine rings is 1. The number of sulfonamides is 1. The van der Waals surface area contributed by atoms with Crippen LogP contribution in [0, 0.1) is 16.7 Å². The van der Waals surface area contributed by atoms with E-state index in [1.54, 1.807) is 0 Å². The molecule has 0 amide bonds. The highest BCUT2D eigenvalue weighted by molar-refractivity contribution is 7.89. The van der Waals surface area contributed by atoms with Gasteiger partial charge in [-0.25, -0.2) is 12.7 Å². The Kier molecular flexibility index (Phi) is 4.19. The molecule has 0 aromatic heterocycles. The first-order valence-corrected chi connectivity index (χ1v) is 7.54. The van der Waals surface area contributed by atoms with Crippen LogP contribution in [0.5, 0.6) is 0 Å². The minimum Gasteiger partial charge on any atom is -0.387 e. The van der Waals surface area contributed by atoms with Gasteiger partial charge < -0.3 is 5.73 Å². The van der Waals surface area contributed by atoms with Crippen molar-refractivity contribution >= 4 is 15.9 Å². The Morgan fingerprint density at radius 1 is 1.35 bits per heavy atom. The quantitative estimate of drug-likeness (QED) is 0.587. The van der Waals surface area contributed by atoms with Crippen LogP contribution in [0.15, 0.2) is 0 Å². The Hall–Kier alpha value is -0.620. The van der Waals surface area contributed by atoms with Crippen LogP contribution in [0.3, 0.4) is 0 Å². The maximum absolute atomic E-state index is 12.1. The maximum Gasteiger partial charge on any atom is 0.214 e. The molecule has 6 heteroatoms. The van der Waals surface area contributed by atoms with Crippen LogP contribution in [0.1, 0.15) is 33.6 Å². The summed E-state index contributed by atoms with van der Waals surface area (Å²) in [7, 11) is -3.17. The molecule has 0 aliphatic carbocycles. The van der Waals surface area contributed by atoms with Crippen molar-refractivity contribution in [1.29, 1.82) is 5.41 Å². The first-order chi connectivity index (χ1) is 7.62. The second kappa shape index (κ2) is 4.94. The molecule has 0 spiro atoms. The highest BCUT2D eigenvalue weighted by Crippen LogP contribution is 2.23. The Morgan fingerprint density at radius 2 is 1.82 bits per heavy atom. The number of hydrogen-bond acceptors (Lipinski definition) is 3. The number of amidine groups is 1. The molecule has 5 nitrogen and oxygen atoms in total. The van der Waals surface area contributed by atoms with Crippen molar-refractivity contribution in [3.63, 3.8) is 0 Å². The number of nitrogens with one attached hydrogen (secondary N) is 1. The fourth-order valence-electron chi connectivity index (χ4n) is 2.08. The number of rotatable bonds is 3. The summed E-state index contributed by atoms with van der Waals surface area (Å²) in [6.45, 7) is 6.75. The van der Waals surface area contributed by atoms with E-state index >= 15 is 0 Å². The van der Waals surface area contributed by atoms with Crippen molar-refractivity contribution in [1.82, 2.24) is 4.31 Å². The number of nitrogens with two attached hydrogens (primary N) is 1. The summed E-state index contributed by atoms with van der Waals surface area (Å²) in [6.07, 6.45) is 1.33. The zero-order chi connectivity index (χ0) is 13.3. The van der Waals surface area contributed by atoms with Gasteiger partial charge in [0, 0.05) is 19.0 Å². The summed E-state index contributed by atoms with van der Waals surface area (Å²) in [4.78, 5) is 0. The summed E-state index contributed by atoms with van der Waals surface area (Å²) < 4.78 is 25.8. The number of hydrogen-bond donors (Lipinski definition) is 2. The van der Waals surface area contributed by atoms with Crippen molar-refractivity contribution in [2.75, 3.05) is 18.8 Å². The fourth-order valence-corrected chi connectivity index (χ4v) is 4.13. The molecule has 0 radical (unpaired) electrons. The molecule has 0 saturated carbocycles. The highest BCUT2D eigenvalue weighted by Gasteiger charge is 2.31. The minimum atomic E-state index is -3.17. The molecule has 0 aromatic rings. The second-order valence-corrected chi connectivity index (χ2v) is 7.91. The van der Waals surface area contributed by atoms with Crippen LogP contribution in [-0.4, -0.2) is 37.4 Å². The molecule has 100 valence electrons. The van der Waals surface area contributed by atoms with Crippen LogP contribution in [0.25, 0.3) is 0 Å². The average molecular weight is 261 g/mol. The first-order valence-electron chi connectivity index (χ1n) is 5.93. The Labute approximate surface area is 104 Å². The molecule has 17 heavy (non-hydrogen) atoms. The van der Waals surface area contributed by atoms with Gasteiger partial charge >= 0.3 is 0 Å². The first kappa shape index (κ1) is 14.4. The van der Waals surface area contributed by atoms with Gasteiger partial charge in [0.25, 0.3) is 0 Å². The van der Waals surface area contributed by atoms with Crippen LogP contribution in [0.4, 0.5) is 0 Å². The third-order valence-electron chi connectivity index (χ3n) is 2.90. The second-order valence-electron chi connectivity index (χ2n) is 5.95. The lowest BCUT2D eigenvalue weighted by Gasteiger charge is -2.32. The average Bonchev–Trinajstić information content (AvgIpc) is 2.14. The molecule has 0 unspecified atom stereocenters. The van der Waals surface area contributed by atoms with Crippen LogP contribution in [0.2, 0.25) is 0 Å². The Morgan fingerprint density at radius 3 is 2.18 bits per heavy atom. The molecule has 1 aliphatic rings. The summed E-state index contributed by atoms with van der Waals surface area (Å²) >= 11 is 0. The van der Waals surface area contributed by atoms with Crippen LogP contribution >= 0.6 is 0 Å². The van der Waals surface area contributed by atoms with E-state index in [1.165, 1.54) is 4.31 Å². The molecule has 3 N–H and O–H groups in total. The molecule has 1 fully saturated rings. The predicted molar refractivity (Wildman–Crippen MR) is 69.5 cm³/mol. The minimum absolute atomic E-state index is 0.0519. The lowest BCUT2D eigenvalue weighted by molar-refractivity contribution is 0.308. The Balaban J connectivity index is 2.62. The monoisotopic (exact) mass is 261 g/mol. The molecule has 1 heterocycles. The SMILES string of the molecule is CC(C)(C)CS(=O)(=O)N1CCC(C(=N)N)CC1. The highest BCUT2D eigenvalue weighted by atomic mass is 32.2. The van der Waals surface area contributed by atoms with Crippen molar-refractivity contribution < 1.29 is 8.42 Å². The molecule has 0 aromatic carbocycles. The lowest BCUT2D eigenvalue weighted by Crippen LogP contribution is -2.44. The van der Waals surface area contributed by atoms with E-state index in [4.69, 9.17) is 11.1 Å². The maximum atomic E-state index is 12.1. The van der Waals surface area contributed by atoms with Crippen molar-refractivity contribution in [3.05, 3.63) is 0 Å². The van der Waals surface area contributed by atoms with Gasteiger partial charge in [0.15, 0.2) is 0 Å². The molecular formula is C11H23N3O2S. The van der Waals surface area contributed by atoms with Gasteiger partial charge in [0.2, 0.25) is 10.0 Å². The molecule has 1 aliphatic heterocycles. The van der Waals surface area contributed by atoms with Gasteiger partial charge in [-0.3, -0.25) is 5.41 Å². The van der Waals surface area contributed by atoms with E-state index in [9.17, 15) is 8.42 Å². The van der Waals surface area contributed by atoms with E-state index in [0.717, 1.165) is 0 Å². The van der Waals surface area contributed by atoms with Crippen molar-refractivity contribution in [2.24, 2.45) is 17.1 Å². The van der Waals surface area contributed by atoms with E-state index in [-0.39, 0.29) is 22.9 Å². The van der Waals surface area contributed by atoms with Gasteiger partial charge in [0.05, 0.1) is 11.6 Å². The van der Waals surface area contributed by atoms with E-state index in [1.807, 2.05) is 20.8 Å². The zero-order valence-corrected chi connectivity index (χ0v) is 11.7. The van der Waals surface area contributed by atoms with Crippen LogP contribution in [-0.2, 0) is 10.0 Å². The molecule has 0 atom stereocenters. The van der Waals surface area contributed by atoms with Crippen molar-refractivity contribution in [2.45, 2.75) is 33.6 Å². The molecule has 1 saturated heterocycles. The standard InChI is InChI=1S/C11H23N3O2S/c1-11(2,3)8-17(15,16)14-6-4-9(5-7-14)10(12)13/h9H,4-8H2,1-3H3,(H3,12,13). The van der Waals surface area contributed by atoms with E-state index in [2.05, 4.69) is 0 Å².